The minimum absolute atomic E-state index is 0.110. The molecule has 4 aromatic rings. The number of hydrogen-bond acceptors (Lipinski definition) is 6. The highest BCUT2D eigenvalue weighted by atomic mass is 35.5. The molecule has 0 atom stereocenters. The van der Waals surface area contributed by atoms with Gasteiger partial charge in [0.1, 0.15) is 5.65 Å². The molecule has 0 radical (unpaired) electrons. The summed E-state index contributed by atoms with van der Waals surface area (Å²) in [6.45, 7) is 1.93. The van der Waals surface area contributed by atoms with E-state index in [0.29, 0.717) is 33.2 Å². The Balaban J connectivity index is 1.52. The summed E-state index contributed by atoms with van der Waals surface area (Å²) in [7, 11) is 0. The van der Waals surface area contributed by atoms with Gasteiger partial charge in [-0.3, -0.25) is 9.20 Å². The van der Waals surface area contributed by atoms with Crippen molar-refractivity contribution in [1.82, 2.24) is 19.6 Å². The van der Waals surface area contributed by atoms with E-state index in [4.69, 9.17) is 16.0 Å². The third kappa shape index (κ3) is 3.49. The van der Waals surface area contributed by atoms with E-state index >= 15 is 0 Å². The molecule has 0 spiro atoms. The van der Waals surface area contributed by atoms with Crippen LogP contribution in [0.1, 0.15) is 11.3 Å². The van der Waals surface area contributed by atoms with Crippen molar-refractivity contribution in [2.45, 2.75) is 17.9 Å². The molecule has 8 heteroatoms. The van der Waals surface area contributed by atoms with Crippen LogP contribution in [-0.4, -0.2) is 19.6 Å². The number of nitrogens with zero attached hydrogens (tertiary/aromatic N) is 4. The van der Waals surface area contributed by atoms with E-state index in [0.717, 1.165) is 11.1 Å². The topological polar surface area (TPSA) is 73.3 Å². The Kier molecular flexibility index (Phi) is 4.48. The Labute approximate surface area is 157 Å². The normalized spacial score (nSPS) is 11.2. The zero-order valence-electron chi connectivity index (χ0n) is 13.7. The monoisotopic (exact) mass is 384 g/mol. The van der Waals surface area contributed by atoms with Crippen LogP contribution in [0.3, 0.4) is 0 Å². The van der Waals surface area contributed by atoms with Crippen LogP contribution in [0, 0.1) is 6.92 Å². The Hall–Kier alpha value is -2.64. The summed E-state index contributed by atoms with van der Waals surface area (Å²) in [5.74, 6) is 0.883. The number of halogens is 1. The first-order valence-electron chi connectivity index (χ1n) is 7.80. The molecular weight excluding hydrogens is 372 g/mol. The molecular formula is C18H13ClN4O2S. The van der Waals surface area contributed by atoms with Gasteiger partial charge in [0.25, 0.3) is 10.8 Å². The smallest absolute Gasteiger partial charge is 0.277 e. The van der Waals surface area contributed by atoms with Gasteiger partial charge in [0.2, 0.25) is 5.89 Å². The number of pyridine rings is 1. The van der Waals surface area contributed by atoms with Gasteiger partial charge in [0.05, 0.1) is 5.69 Å². The van der Waals surface area contributed by atoms with E-state index in [-0.39, 0.29) is 5.56 Å². The molecule has 0 saturated carbocycles. The predicted octanol–water partition coefficient (Wildman–Crippen LogP) is 4.00. The summed E-state index contributed by atoms with van der Waals surface area (Å²) in [4.78, 5) is 16.7. The molecule has 3 aromatic heterocycles. The molecule has 0 bridgehead atoms. The lowest BCUT2D eigenvalue weighted by atomic mass is 10.2. The SMILES string of the molecule is Cc1ccc2nc(CSc3nnc(-c4ccc(Cl)cc4)o3)cc(=O)n2c1. The summed E-state index contributed by atoms with van der Waals surface area (Å²) in [5.41, 5.74) is 2.97. The van der Waals surface area contributed by atoms with Crippen LogP contribution in [0.5, 0.6) is 0 Å². The van der Waals surface area contributed by atoms with Gasteiger partial charge in [0, 0.05) is 28.6 Å². The Bertz CT molecular complexity index is 1140. The number of benzene rings is 1. The molecule has 0 aliphatic rings. The zero-order chi connectivity index (χ0) is 18.1. The van der Waals surface area contributed by atoms with E-state index in [9.17, 15) is 4.79 Å². The summed E-state index contributed by atoms with van der Waals surface area (Å²) in [5, 5.41) is 9.13. The van der Waals surface area contributed by atoms with E-state index in [1.54, 1.807) is 18.3 Å². The average Bonchev–Trinajstić information content (AvgIpc) is 3.10. The van der Waals surface area contributed by atoms with Gasteiger partial charge in [-0.1, -0.05) is 29.4 Å². The first-order valence-corrected chi connectivity index (χ1v) is 9.16. The second kappa shape index (κ2) is 6.93. The van der Waals surface area contributed by atoms with Crippen molar-refractivity contribution in [3.05, 3.63) is 75.3 Å². The second-order valence-corrected chi connectivity index (χ2v) is 7.05. The fraction of sp³-hybridized carbons (Fsp3) is 0.111. The van der Waals surface area contributed by atoms with E-state index in [2.05, 4.69) is 15.2 Å². The van der Waals surface area contributed by atoms with Crippen LogP contribution in [-0.2, 0) is 5.75 Å². The third-order valence-electron chi connectivity index (χ3n) is 3.70. The standard InChI is InChI=1S/C18H13ClN4O2S/c1-11-2-7-15-20-14(8-16(24)23(15)9-11)10-26-18-22-21-17(25-18)12-3-5-13(19)6-4-12/h2-9H,10H2,1H3. The third-order valence-corrected chi connectivity index (χ3v) is 4.81. The largest absolute Gasteiger partial charge is 0.411 e. The van der Waals surface area contributed by atoms with Crippen LogP contribution >= 0.6 is 23.4 Å². The molecule has 0 aliphatic carbocycles. The van der Waals surface area contributed by atoms with Gasteiger partial charge < -0.3 is 4.42 Å². The molecule has 0 unspecified atom stereocenters. The van der Waals surface area contributed by atoms with Crippen LogP contribution < -0.4 is 5.56 Å². The maximum absolute atomic E-state index is 12.2. The number of thioether (sulfide) groups is 1. The van der Waals surface area contributed by atoms with Gasteiger partial charge in [-0.25, -0.2) is 4.98 Å². The van der Waals surface area contributed by atoms with Gasteiger partial charge in [-0.15, -0.1) is 10.2 Å². The molecule has 0 amide bonds. The molecule has 0 fully saturated rings. The molecule has 0 saturated heterocycles. The van der Waals surface area contributed by atoms with E-state index in [1.807, 2.05) is 31.2 Å². The molecule has 3 heterocycles. The summed E-state index contributed by atoms with van der Waals surface area (Å²) < 4.78 is 7.19. The summed E-state index contributed by atoms with van der Waals surface area (Å²) in [6, 6.07) is 12.4. The van der Waals surface area contributed by atoms with Crippen LogP contribution in [0.25, 0.3) is 17.1 Å². The number of fused-ring (bicyclic) bond motifs is 1. The molecule has 0 aliphatic heterocycles. The van der Waals surface area contributed by atoms with Crippen molar-refractivity contribution in [1.29, 1.82) is 0 Å². The maximum Gasteiger partial charge on any atom is 0.277 e. The van der Waals surface area contributed by atoms with Crippen molar-refractivity contribution in [3.8, 4) is 11.5 Å². The molecule has 0 N–H and O–H groups in total. The van der Waals surface area contributed by atoms with Crippen molar-refractivity contribution < 1.29 is 4.42 Å². The number of hydrogen-bond donors (Lipinski definition) is 0. The highest BCUT2D eigenvalue weighted by Gasteiger charge is 2.10. The second-order valence-electron chi connectivity index (χ2n) is 5.69. The Morgan fingerprint density at radius 2 is 1.96 bits per heavy atom. The lowest BCUT2D eigenvalue weighted by molar-refractivity contribution is 0.466. The van der Waals surface area contributed by atoms with E-state index < -0.39 is 0 Å². The predicted molar refractivity (Wildman–Crippen MR) is 101 cm³/mol. The fourth-order valence-corrected chi connectivity index (χ4v) is 3.23. The molecule has 4 rings (SSSR count). The zero-order valence-corrected chi connectivity index (χ0v) is 15.3. The van der Waals surface area contributed by atoms with Gasteiger partial charge >= 0.3 is 0 Å². The quantitative estimate of drug-likeness (QED) is 0.495. The minimum Gasteiger partial charge on any atom is -0.411 e. The first kappa shape index (κ1) is 16.8. The number of aromatic nitrogens is 4. The lowest BCUT2D eigenvalue weighted by Crippen LogP contribution is -2.15. The summed E-state index contributed by atoms with van der Waals surface area (Å²) >= 11 is 7.22. The van der Waals surface area contributed by atoms with Crippen LogP contribution in [0.4, 0.5) is 0 Å². The molecule has 130 valence electrons. The highest BCUT2D eigenvalue weighted by Crippen LogP contribution is 2.26. The number of aryl methyl sites for hydroxylation is 1. The van der Waals surface area contributed by atoms with E-state index in [1.165, 1.54) is 22.2 Å². The van der Waals surface area contributed by atoms with Crippen molar-refractivity contribution in [2.24, 2.45) is 0 Å². The first-order chi connectivity index (χ1) is 12.6. The number of rotatable bonds is 4. The molecule has 1 aromatic carbocycles. The van der Waals surface area contributed by atoms with Crippen molar-refractivity contribution >= 4 is 29.0 Å². The van der Waals surface area contributed by atoms with Crippen molar-refractivity contribution in [2.75, 3.05) is 0 Å². The van der Waals surface area contributed by atoms with Gasteiger partial charge in [-0.05, 0) is 42.8 Å². The van der Waals surface area contributed by atoms with Gasteiger partial charge in [-0.2, -0.15) is 0 Å². The van der Waals surface area contributed by atoms with Gasteiger partial charge in [0.15, 0.2) is 0 Å². The minimum atomic E-state index is -0.110. The highest BCUT2D eigenvalue weighted by molar-refractivity contribution is 7.98. The lowest BCUT2D eigenvalue weighted by Gasteiger charge is -2.03. The summed E-state index contributed by atoms with van der Waals surface area (Å²) in [6.07, 6.45) is 1.78. The van der Waals surface area contributed by atoms with Crippen LogP contribution in [0.15, 0.2) is 63.1 Å². The average molecular weight is 385 g/mol. The Morgan fingerprint density at radius 1 is 1.15 bits per heavy atom. The Morgan fingerprint density at radius 3 is 2.77 bits per heavy atom. The maximum atomic E-state index is 12.2. The molecule has 26 heavy (non-hydrogen) atoms. The molecule has 6 nitrogen and oxygen atoms in total. The van der Waals surface area contributed by atoms with Crippen LogP contribution in [0.2, 0.25) is 5.02 Å². The van der Waals surface area contributed by atoms with Crippen molar-refractivity contribution in [3.63, 3.8) is 0 Å². The fourth-order valence-electron chi connectivity index (χ4n) is 2.45.